The van der Waals surface area contributed by atoms with E-state index in [0.29, 0.717) is 39.1 Å². The van der Waals surface area contributed by atoms with Crippen molar-refractivity contribution < 1.29 is 38.5 Å². The van der Waals surface area contributed by atoms with Gasteiger partial charge in [-0.1, -0.05) is 85.0 Å². The van der Waals surface area contributed by atoms with Gasteiger partial charge in [0.15, 0.2) is 0 Å². The minimum absolute atomic E-state index is 0.0810. The number of nitrogens with one attached hydrogen (secondary N) is 1. The maximum Gasteiger partial charge on any atom is 0.306 e. The number of likely N-dealkylation sites (tertiary alicyclic amines) is 1. The fraction of sp³-hybridized carbons (Fsp3) is 0.487. The zero-order chi connectivity index (χ0) is 35.4. The third-order valence-corrected chi connectivity index (χ3v) is 10.8. The minimum Gasteiger partial charge on any atom is -0.463 e. The first-order valence-electron chi connectivity index (χ1n) is 18.0. The second kappa shape index (κ2) is 15.5. The number of aliphatic hydroxyl groups excluding tert-OH is 1. The summed E-state index contributed by atoms with van der Waals surface area (Å²) in [7, 11) is 0. The summed E-state index contributed by atoms with van der Waals surface area (Å²) < 4.78 is 17.8. The van der Waals surface area contributed by atoms with Crippen molar-refractivity contribution >= 4 is 23.7 Å². The molecular weight excluding hydrogens is 652 g/mol. The third kappa shape index (κ3) is 7.10. The number of carbonyl (C=O) groups excluding carboxylic acids is 4. The van der Waals surface area contributed by atoms with Crippen molar-refractivity contribution in [2.45, 2.75) is 49.1 Å². The molecular formula is C39H46N4O8. The van der Waals surface area contributed by atoms with E-state index in [9.17, 15) is 19.5 Å². The number of aliphatic hydroxyl groups is 1. The Labute approximate surface area is 298 Å². The number of carbonyl (C=O) groups is 4. The standard InChI is InChI=1S/C39H46N4O8/c44-25-29(24-27-10-4-1-5-11-27)43-35-38(48)42(19-18-41-20-22-49-23-21-41)17-9-3-8-14-32(45)50-26-30(28-12-6-2-7-13-28)40-36(46)33-31-15-16-39(35,51-31)34(33)37(43)47/h1-7,9-13,15-16,29-31,33-35,44H,8,14,17-26H2,(H,40,46)/b9-3-/t29-,30-,31-,33+,34+,35-,39+/m1/s1. The van der Waals surface area contributed by atoms with Crippen molar-refractivity contribution in [3.63, 3.8) is 0 Å². The molecule has 0 aliphatic carbocycles. The number of benzene rings is 2. The lowest BCUT2D eigenvalue weighted by molar-refractivity contribution is -0.150. The van der Waals surface area contributed by atoms with Gasteiger partial charge in [-0.2, -0.15) is 0 Å². The highest BCUT2D eigenvalue weighted by atomic mass is 16.5. The summed E-state index contributed by atoms with van der Waals surface area (Å²) in [5, 5.41) is 13.9. The largest absolute Gasteiger partial charge is 0.463 e. The molecule has 12 heteroatoms. The number of allylic oxidation sites excluding steroid dienone is 1. The lowest BCUT2D eigenvalue weighted by Gasteiger charge is -2.39. The van der Waals surface area contributed by atoms with Gasteiger partial charge in [0.25, 0.3) is 0 Å². The average Bonchev–Trinajstić information content (AvgIpc) is 3.81. The number of cyclic esters (lactones) is 1. The minimum atomic E-state index is -1.41. The second-order valence-electron chi connectivity index (χ2n) is 13.9. The molecule has 270 valence electrons. The summed E-state index contributed by atoms with van der Waals surface area (Å²) in [6, 6.07) is 16.3. The van der Waals surface area contributed by atoms with Gasteiger partial charge in [-0.05, 0) is 24.0 Å². The van der Waals surface area contributed by atoms with Gasteiger partial charge < -0.3 is 34.4 Å². The summed E-state index contributed by atoms with van der Waals surface area (Å²) in [5.41, 5.74) is 0.244. The van der Waals surface area contributed by atoms with Crippen molar-refractivity contribution in [3.8, 4) is 0 Å². The van der Waals surface area contributed by atoms with E-state index in [0.717, 1.165) is 24.2 Å². The molecule has 0 radical (unpaired) electrons. The average molecular weight is 699 g/mol. The first-order chi connectivity index (χ1) is 24.9. The normalized spacial score (nSPS) is 31.4. The number of rotatable bonds is 8. The van der Waals surface area contributed by atoms with Gasteiger partial charge in [0.05, 0.1) is 49.8 Å². The Balaban J connectivity index is 1.27. The van der Waals surface area contributed by atoms with Crippen molar-refractivity contribution in [1.82, 2.24) is 20.0 Å². The number of hydrogen-bond acceptors (Lipinski definition) is 9. The number of morpholine rings is 1. The number of nitrogens with zero attached hydrogens (tertiary/aromatic N) is 3. The highest BCUT2D eigenvalue weighted by molar-refractivity contribution is 6.00. The predicted octanol–water partition coefficient (Wildman–Crippen LogP) is 1.65. The van der Waals surface area contributed by atoms with Gasteiger partial charge in [0.1, 0.15) is 18.2 Å². The highest BCUT2D eigenvalue weighted by Gasteiger charge is 2.73. The molecule has 5 aliphatic heterocycles. The molecule has 5 aliphatic rings. The Morgan fingerprint density at radius 3 is 2.41 bits per heavy atom. The fourth-order valence-electron chi connectivity index (χ4n) is 8.21. The summed E-state index contributed by atoms with van der Waals surface area (Å²) in [5.74, 6) is -3.49. The molecule has 7 rings (SSSR count). The van der Waals surface area contributed by atoms with Crippen LogP contribution < -0.4 is 5.32 Å². The summed E-state index contributed by atoms with van der Waals surface area (Å²) >= 11 is 0. The zero-order valence-electron chi connectivity index (χ0n) is 28.7. The Morgan fingerprint density at radius 1 is 0.922 bits per heavy atom. The van der Waals surface area contributed by atoms with Gasteiger partial charge >= 0.3 is 5.97 Å². The van der Waals surface area contributed by atoms with Gasteiger partial charge in [-0.15, -0.1) is 0 Å². The molecule has 0 unspecified atom stereocenters. The Kier molecular flexibility index (Phi) is 10.6. The molecule has 7 atom stereocenters. The third-order valence-electron chi connectivity index (χ3n) is 10.8. The number of amides is 3. The zero-order valence-corrected chi connectivity index (χ0v) is 28.7. The van der Waals surface area contributed by atoms with E-state index in [1.807, 2.05) is 72.8 Å². The Morgan fingerprint density at radius 2 is 1.67 bits per heavy atom. The summed E-state index contributed by atoms with van der Waals surface area (Å²) in [6.07, 6.45) is 7.44. The van der Waals surface area contributed by atoms with Gasteiger partial charge in [0, 0.05) is 39.1 Å². The van der Waals surface area contributed by atoms with Crippen molar-refractivity contribution in [2.75, 3.05) is 59.2 Å². The topological polar surface area (TPSA) is 138 Å². The van der Waals surface area contributed by atoms with Crippen LogP contribution in [-0.2, 0) is 39.8 Å². The molecule has 2 aromatic rings. The molecule has 2 aromatic carbocycles. The Hall–Kier alpha value is -4.36. The molecule has 3 saturated heterocycles. The first kappa shape index (κ1) is 35.1. The molecule has 3 fully saturated rings. The van der Waals surface area contributed by atoms with E-state index in [1.54, 1.807) is 17.1 Å². The van der Waals surface area contributed by atoms with E-state index in [4.69, 9.17) is 14.2 Å². The molecule has 51 heavy (non-hydrogen) atoms. The smallest absolute Gasteiger partial charge is 0.306 e. The summed E-state index contributed by atoms with van der Waals surface area (Å²) in [6.45, 7) is 3.49. The summed E-state index contributed by atoms with van der Waals surface area (Å²) in [4.78, 5) is 62.5. The van der Waals surface area contributed by atoms with E-state index < -0.39 is 59.5 Å². The van der Waals surface area contributed by atoms with Crippen LogP contribution in [0.1, 0.15) is 30.0 Å². The van der Waals surface area contributed by atoms with E-state index in [-0.39, 0.29) is 32.1 Å². The number of esters is 1. The molecule has 1 spiro atoms. The van der Waals surface area contributed by atoms with Crippen molar-refractivity contribution in [1.29, 1.82) is 0 Å². The number of fused-ring (bicyclic) bond motifs is 2. The molecule has 5 heterocycles. The van der Waals surface area contributed by atoms with Crippen LogP contribution in [0.5, 0.6) is 0 Å². The maximum absolute atomic E-state index is 15.1. The van der Waals surface area contributed by atoms with E-state index in [2.05, 4.69) is 10.2 Å². The quantitative estimate of drug-likeness (QED) is 0.312. The van der Waals surface area contributed by atoms with Crippen LogP contribution >= 0.6 is 0 Å². The predicted molar refractivity (Wildman–Crippen MR) is 186 cm³/mol. The molecule has 3 amide bonds. The SMILES string of the molecule is O=C1CC/C=C\CN(CCN2CCOCC2)C(=O)[C@H]2N([C@@H](CO)Cc3ccccc3)C(=O)[C@@H]3[C@@H](C(=O)N[C@@H](c4ccccc4)CO1)[C@H]1C=C[C@]32O1. The molecule has 5 bridgehead atoms. The van der Waals surface area contributed by atoms with Crippen molar-refractivity contribution in [3.05, 3.63) is 96.1 Å². The van der Waals surface area contributed by atoms with E-state index in [1.165, 1.54) is 4.90 Å². The first-order valence-corrected chi connectivity index (χ1v) is 18.0. The molecule has 0 saturated carbocycles. The highest BCUT2D eigenvalue weighted by Crippen LogP contribution is 2.56. The van der Waals surface area contributed by atoms with Crippen LogP contribution in [-0.4, -0.2) is 126 Å². The van der Waals surface area contributed by atoms with Gasteiger partial charge in [-0.25, -0.2) is 0 Å². The van der Waals surface area contributed by atoms with Gasteiger partial charge in [0.2, 0.25) is 17.7 Å². The monoisotopic (exact) mass is 698 g/mol. The van der Waals surface area contributed by atoms with Crippen LogP contribution in [0.3, 0.4) is 0 Å². The second-order valence-corrected chi connectivity index (χ2v) is 13.9. The molecule has 2 N–H and O–H groups in total. The number of ether oxygens (including phenoxy) is 3. The lowest BCUT2D eigenvalue weighted by Crippen LogP contribution is -2.59. The molecule has 12 nitrogen and oxygen atoms in total. The maximum atomic E-state index is 15.1. The van der Waals surface area contributed by atoms with Gasteiger partial charge in [-0.3, -0.25) is 24.1 Å². The van der Waals surface area contributed by atoms with E-state index >= 15 is 4.79 Å². The van der Waals surface area contributed by atoms with Crippen LogP contribution in [0.2, 0.25) is 0 Å². The van der Waals surface area contributed by atoms with Crippen molar-refractivity contribution in [2.24, 2.45) is 11.8 Å². The van der Waals surface area contributed by atoms with Crippen LogP contribution in [0, 0.1) is 11.8 Å². The van der Waals surface area contributed by atoms with Crippen LogP contribution in [0.15, 0.2) is 85.0 Å². The lowest BCUT2D eigenvalue weighted by atomic mass is 9.74. The molecule has 0 aromatic heterocycles. The van der Waals surface area contributed by atoms with Crippen LogP contribution in [0.4, 0.5) is 0 Å². The fourth-order valence-corrected chi connectivity index (χ4v) is 8.21. The Bertz CT molecular complexity index is 1630. The number of hydrogen-bond donors (Lipinski definition) is 2. The van der Waals surface area contributed by atoms with Crippen LogP contribution in [0.25, 0.3) is 0 Å².